The summed E-state index contributed by atoms with van der Waals surface area (Å²) in [6.07, 6.45) is 0. The van der Waals surface area contributed by atoms with Gasteiger partial charge in [-0.3, -0.25) is 10.4 Å². The van der Waals surface area contributed by atoms with Gasteiger partial charge < -0.3 is 5.73 Å². The van der Waals surface area contributed by atoms with Gasteiger partial charge in [-0.15, -0.1) is 0 Å². The lowest BCUT2D eigenvalue weighted by Gasteiger charge is -2.22. The molecule has 0 fully saturated rings. The van der Waals surface area contributed by atoms with Crippen molar-refractivity contribution in [1.29, 1.82) is 5.41 Å². The van der Waals surface area contributed by atoms with Gasteiger partial charge in [-0.25, -0.2) is 10.8 Å². The number of nitrogens with one attached hydrogen (secondary N) is 1. The van der Waals surface area contributed by atoms with E-state index in [-0.39, 0.29) is 11.9 Å². The Morgan fingerprint density at radius 3 is 2.64 bits per heavy atom. The molecule has 0 aliphatic carbocycles. The van der Waals surface area contributed by atoms with E-state index in [0.717, 1.165) is 0 Å². The smallest absolute Gasteiger partial charge is 0.161 e. The minimum absolute atomic E-state index is 0.0609. The normalized spacial score (nSPS) is 10.3. The molecule has 0 unspecified atom stereocenters. The highest BCUT2D eigenvalue weighted by molar-refractivity contribution is 5.94. The summed E-state index contributed by atoms with van der Waals surface area (Å²) in [4.78, 5) is 4.01. The number of hydrogen-bond acceptors (Lipinski definition) is 4. The van der Waals surface area contributed by atoms with Gasteiger partial charge in [-0.2, -0.15) is 0 Å². The van der Waals surface area contributed by atoms with E-state index in [0.29, 0.717) is 11.5 Å². The number of hydrazine groups is 1. The molecule has 76 valence electrons. The molecule has 0 saturated heterocycles. The summed E-state index contributed by atoms with van der Waals surface area (Å²) in [7, 11) is 0. The molecule has 0 atom stereocenters. The molecular weight excluding hydrogens is 178 g/mol. The van der Waals surface area contributed by atoms with Gasteiger partial charge in [0.1, 0.15) is 11.5 Å². The van der Waals surface area contributed by atoms with E-state index in [1.807, 2.05) is 13.8 Å². The van der Waals surface area contributed by atoms with Crippen LogP contribution in [0, 0.1) is 5.41 Å². The zero-order valence-electron chi connectivity index (χ0n) is 8.36. The molecule has 1 rings (SSSR count). The maximum absolute atomic E-state index is 7.75. The number of rotatable bonds is 2. The Bertz CT molecular complexity index is 334. The number of nitrogens with two attached hydrogens (primary N) is 2. The van der Waals surface area contributed by atoms with Crippen molar-refractivity contribution in [3.63, 3.8) is 0 Å². The summed E-state index contributed by atoms with van der Waals surface area (Å²) in [6.45, 7) is 3.81. The topological polar surface area (TPSA) is 92.0 Å². The SMILES string of the molecule is CC(C)N(N)C(=N)c1cccc(N)n1. The lowest BCUT2D eigenvalue weighted by atomic mass is 10.3. The van der Waals surface area contributed by atoms with Crippen molar-refractivity contribution in [3.8, 4) is 0 Å². The third-order valence-corrected chi connectivity index (χ3v) is 1.83. The first-order chi connectivity index (χ1) is 6.52. The van der Waals surface area contributed by atoms with E-state index >= 15 is 0 Å². The second-order valence-corrected chi connectivity index (χ2v) is 3.30. The quantitative estimate of drug-likeness (QED) is 0.277. The summed E-state index contributed by atoms with van der Waals surface area (Å²) < 4.78 is 0. The first-order valence-corrected chi connectivity index (χ1v) is 4.37. The third-order valence-electron chi connectivity index (χ3n) is 1.83. The Labute approximate surface area is 83.2 Å². The van der Waals surface area contributed by atoms with E-state index in [2.05, 4.69) is 4.98 Å². The zero-order valence-corrected chi connectivity index (χ0v) is 8.36. The minimum Gasteiger partial charge on any atom is -0.384 e. The Balaban J connectivity index is 2.89. The first kappa shape index (κ1) is 10.5. The molecule has 14 heavy (non-hydrogen) atoms. The lowest BCUT2D eigenvalue weighted by molar-refractivity contribution is 0.361. The molecule has 5 N–H and O–H groups in total. The van der Waals surface area contributed by atoms with E-state index in [1.54, 1.807) is 18.2 Å². The van der Waals surface area contributed by atoms with E-state index < -0.39 is 0 Å². The number of hydrogen-bond donors (Lipinski definition) is 3. The number of anilines is 1. The maximum atomic E-state index is 7.75. The van der Waals surface area contributed by atoms with Crippen LogP contribution < -0.4 is 11.6 Å². The fourth-order valence-electron chi connectivity index (χ4n) is 0.974. The van der Waals surface area contributed by atoms with Crippen LogP contribution >= 0.6 is 0 Å². The number of aromatic nitrogens is 1. The standard InChI is InChI=1S/C9H15N5/c1-6(2)14(12)9(11)7-4-3-5-8(10)13-7/h3-6,11H,12H2,1-2H3,(H2,10,13). The highest BCUT2D eigenvalue weighted by Crippen LogP contribution is 2.04. The molecule has 0 aromatic carbocycles. The lowest BCUT2D eigenvalue weighted by Crippen LogP contribution is -2.43. The maximum Gasteiger partial charge on any atom is 0.161 e. The summed E-state index contributed by atoms with van der Waals surface area (Å²) in [6, 6.07) is 5.19. The van der Waals surface area contributed by atoms with Crippen molar-refractivity contribution in [2.45, 2.75) is 19.9 Å². The molecule has 0 spiro atoms. The Hall–Kier alpha value is -1.62. The van der Waals surface area contributed by atoms with Gasteiger partial charge >= 0.3 is 0 Å². The molecule has 0 amide bonds. The van der Waals surface area contributed by atoms with Gasteiger partial charge in [0.05, 0.1) is 0 Å². The minimum atomic E-state index is 0.0609. The van der Waals surface area contributed by atoms with E-state index in [1.165, 1.54) is 5.01 Å². The van der Waals surface area contributed by atoms with Gasteiger partial charge in [0, 0.05) is 6.04 Å². The molecule has 0 radical (unpaired) electrons. The molecule has 0 saturated carbocycles. The average molecular weight is 193 g/mol. The summed E-state index contributed by atoms with van der Waals surface area (Å²) >= 11 is 0. The van der Waals surface area contributed by atoms with Crippen molar-refractivity contribution >= 4 is 11.7 Å². The summed E-state index contributed by atoms with van der Waals surface area (Å²) in [5, 5.41) is 9.09. The van der Waals surface area contributed by atoms with Crippen LogP contribution in [0.5, 0.6) is 0 Å². The molecule has 0 bridgehead atoms. The van der Waals surface area contributed by atoms with Crippen molar-refractivity contribution in [1.82, 2.24) is 9.99 Å². The van der Waals surface area contributed by atoms with Gasteiger partial charge in [0.2, 0.25) is 0 Å². The fraction of sp³-hybridized carbons (Fsp3) is 0.333. The monoisotopic (exact) mass is 193 g/mol. The Kier molecular flexibility index (Phi) is 3.03. The molecule has 1 aromatic rings. The van der Waals surface area contributed by atoms with Crippen molar-refractivity contribution in [2.24, 2.45) is 5.84 Å². The number of nitrogens with zero attached hydrogens (tertiary/aromatic N) is 2. The van der Waals surface area contributed by atoms with Crippen LogP contribution in [-0.2, 0) is 0 Å². The first-order valence-electron chi connectivity index (χ1n) is 4.37. The van der Waals surface area contributed by atoms with E-state index in [9.17, 15) is 0 Å². The van der Waals surface area contributed by atoms with E-state index in [4.69, 9.17) is 17.0 Å². The molecule has 5 nitrogen and oxygen atoms in total. The van der Waals surface area contributed by atoms with Crippen LogP contribution in [0.15, 0.2) is 18.2 Å². The van der Waals surface area contributed by atoms with Gasteiger partial charge in [0.15, 0.2) is 5.84 Å². The van der Waals surface area contributed by atoms with Crippen LogP contribution in [0.1, 0.15) is 19.5 Å². The van der Waals surface area contributed by atoms with Crippen LogP contribution in [0.2, 0.25) is 0 Å². The fourth-order valence-corrected chi connectivity index (χ4v) is 0.974. The van der Waals surface area contributed by atoms with Crippen LogP contribution in [0.25, 0.3) is 0 Å². The largest absolute Gasteiger partial charge is 0.384 e. The highest BCUT2D eigenvalue weighted by atomic mass is 15.4. The average Bonchev–Trinajstić information content (AvgIpc) is 2.15. The Morgan fingerprint density at radius 2 is 2.14 bits per heavy atom. The molecular formula is C9H15N5. The third kappa shape index (κ3) is 2.20. The Morgan fingerprint density at radius 1 is 1.50 bits per heavy atom. The summed E-state index contributed by atoms with van der Waals surface area (Å²) in [5.74, 6) is 6.24. The molecule has 0 aliphatic heterocycles. The second-order valence-electron chi connectivity index (χ2n) is 3.30. The molecule has 1 heterocycles. The zero-order chi connectivity index (χ0) is 10.7. The summed E-state index contributed by atoms with van der Waals surface area (Å²) in [5.41, 5.74) is 5.99. The second kappa shape index (κ2) is 4.06. The van der Waals surface area contributed by atoms with Gasteiger partial charge in [0.25, 0.3) is 0 Å². The van der Waals surface area contributed by atoms with Gasteiger partial charge in [-0.05, 0) is 26.0 Å². The van der Waals surface area contributed by atoms with Crippen molar-refractivity contribution in [2.75, 3.05) is 5.73 Å². The van der Waals surface area contributed by atoms with Crippen LogP contribution in [0.4, 0.5) is 5.82 Å². The van der Waals surface area contributed by atoms with Crippen molar-refractivity contribution in [3.05, 3.63) is 23.9 Å². The van der Waals surface area contributed by atoms with Gasteiger partial charge in [-0.1, -0.05) is 6.07 Å². The van der Waals surface area contributed by atoms with Crippen LogP contribution in [0.3, 0.4) is 0 Å². The number of nitrogen functional groups attached to an aromatic ring is 1. The van der Waals surface area contributed by atoms with Crippen LogP contribution in [-0.4, -0.2) is 21.9 Å². The highest BCUT2D eigenvalue weighted by Gasteiger charge is 2.12. The molecule has 0 aliphatic rings. The number of pyridine rings is 1. The molecule has 1 aromatic heterocycles. The number of amidine groups is 1. The predicted molar refractivity (Wildman–Crippen MR) is 56.6 cm³/mol. The van der Waals surface area contributed by atoms with Crippen molar-refractivity contribution < 1.29 is 0 Å². The molecule has 5 heteroatoms. The predicted octanol–water partition coefficient (Wildman–Crippen LogP) is 0.573.